The quantitative estimate of drug-likeness (QED) is 0.742. The van der Waals surface area contributed by atoms with Gasteiger partial charge in [0.05, 0.1) is 12.3 Å². The zero-order valence-electron chi connectivity index (χ0n) is 12.2. The molecule has 1 aromatic carbocycles. The van der Waals surface area contributed by atoms with E-state index in [4.69, 9.17) is 4.42 Å². The Morgan fingerprint density at radius 2 is 2.14 bits per heavy atom. The van der Waals surface area contributed by atoms with Crippen molar-refractivity contribution in [3.63, 3.8) is 0 Å². The first-order chi connectivity index (χ1) is 10.3. The van der Waals surface area contributed by atoms with Crippen LogP contribution in [0.5, 0.6) is 0 Å². The van der Waals surface area contributed by atoms with Crippen LogP contribution in [-0.2, 0) is 6.42 Å². The summed E-state index contributed by atoms with van der Waals surface area (Å²) >= 11 is 0. The molecule has 2 N–H and O–H groups in total. The number of nitrogens with one attached hydrogen (secondary N) is 2. The predicted octanol–water partition coefficient (Wildman–Crippen LogP) is 4.49. The summed E-state index contributed by atoms with van der Waals surface area (Å²) in [6.45, 7) is 2.16. The Kier molecular flexibility index (Phi) is 3.08. The van der Waals surface area contributed by atoms with E-state index >= 15 is 0 Å². The summed E-state index contributed by atoms with van der Waals surface area (Å²) in [5, 5.41) is 5.09. The van der Waals surface area contributed by atoms with Crippen LogP contribution in [0.3, 0.4) is 0 Å². The normalized spacial score (nSPS) is 19.6. The predicted molar refractivity (Wildman–Crippen MR) is 84.2 cm³/mol. The van der Waals surface area contributed by atoms with E-state index < -0.39 is 0 Å². The van der Waals surface area contributed by atoms with Gasteiger partial charge in [-0.05, 0) is 49.9 Å². The molecule has 1 unspecified atom stereocenters. The molecule has 4 rings (SSSR count). The fourth-order valence-electron chi connectivity index (χ4n) is 3.50. The van der Waals surface area contributed by atoms with E-state index in [0.717, 1.165) is 5.76 Å². The van der Waals surface area contributed by atoms with E-state index in [2.05, 4.69) is 41.5 Å². The Labute approximate surface area is 124 Å². The molecule has 2 aromatic heterocycles. The summed E-state index contributed by atoms with van der Waals surface area (Å²) in [5.74, 6) is 0.998. The lowest BCUT2D eigenvalue weighted by molar-refractivity contribution is 0.364. The molecule has 3 aromatic rings. The van der Waals surface area contributed by atoms with Gasteiger partial charge in [-0.25, -0.2) is 0 Å². The van der Waals surface area contributed by atoms with Gasteiger partial charge in [-0.2, -0.15) is 0 Å². The second-order valence-electron chi connectivity index (χ2n) is 5.91. The molecule has 3 nitrogen and oxygen atoms in total. The molecule has 0 saturated heterocycles. The van der Waals surface area contributed by atoms with Crippen molar-refractivity contribution < 1.29 is 4.42 Å². The summed E-state index contributed by atoms with van der Waals surface area (Å²) in [5.41, 5.74) is 4.10. The van der Waals surface area contributed by atoms with Crippen molar-refractivity contribution in [1.29, 1.82) is 0 Å². The maximum atomic E-state index is 5.51. The summed E-state index contributed by atoms with van der Waals surface area (Å²) in [6.07, 6.45) is 5.32. The van der Waals surface area contributed by atoms with Gasteiger partial charge in [0.15, 0.2) is 0 Å². The molecule has 0 amide bonds. The lowest BCUT2D eigenvalue weighted by Crippen LogP contribution is -2.27. The molecular weight excluding hydrogens is 260 g/mol. The van der Waals surface area contributed by atoms with Crippen LogP contribution in [-0.4, -0.2) is 4.98 Å². The highest BCUT2D eigenvalue weighted by Crippen LogP contribution is 2.35. The number of furan rings is 1. The lowest BCUT2D eigenvalue weighted by Gasteiger charge is -2.26. The van der Waals surface area contributed by atoms with Gasteiger partial charge in [0.2, 0.25) is 0 Å². The van der Waals surface area contributed by atoms with E-state index in [-0.39, 0.29) is 6.04 Å². The molecule has 0 aliphatic heterocycles. The summed E-state index contributed by atoms with van der Waals surface area (Å²) in [6, 6.07) is 13.2. The largest absolute Gasteiger partial charge is 0.468 e. The average Bonchev–Trinajstić information content (AvgIpc) is 3.15. The van der Waals surface area contributed by atoms with Crippen molar-refractivity contribution in [3.05, 3.63) is 59.7 Å². The minimum atomic E-state index is 0.224. The number of hydrogen-bond donors (Lipinski definition) is 2. The summed E-state index contributed by atoms with van der Waals surface area (Å²) in [4.78, 5) is 3.62. The number of hydrogen-bond acceptors (Lipinski definition) is 2. The highest BCUT2D eigenvalue weighted by Gasteiger charge is 2.25. The van der Waals surface area contributed by atoms with E-state index in [1.807, 2.05) is 12.1 Å². The molecule has 108 valence electrons. The van der Waals surface area contributed by atoms with Crippen molar-refractivity contribution in [1.82, 2.24) is 10.3 Å². The van der Waals surface area contributed by atoms with Crippen molar-refractivity contribution >= 4 is 10.9 Å². The van der Waals surface area contributed by atoms with Gasteiger partial charge in [-0.1, -0.05) is 18.2 Å². The van der Waals surface area contributed by atoms with Gasteiger partial charge in [-0.15, -0.1) is 0 Å². The minimum Gasteiger partial charge on any atom is -0.468 e. The summed E-state index contributed by atoms with van der Waals surface area (Å²) < 4.78 is 5.51. The van der Waals surface area contributed by atoms with Crippen molar-refractivity contribution in [3.8, 4) is 0 Å². The first-order valence-corrected chi connectivity index (χ1v) is 7.72. The highest BCUT2D eigenvalue weighted by molar-refractivity contribution is 5.85. The first kappa shape index (κ1) is 12.7. The number of H-pyrrole nitrogens is 1. The fourth-order valence-corrected chi connectivity index (χ4v) is 3.50. The molecule has 3 heteroatoms. The lowest BCUT2D eigenvalue weighted by atomic mass is 9.91. The van der Waals surface area contributed by atoms with Crippen molar-refractivity contribution in [2.24, 2.45) is 0 Å². The second kappa shape index (κ2) is 5.08. The Morgan fingerprint density at radius 3 is 3.00 bits per heavy atom. The third-order valence-electron chi connectivity index (χ3n) is 4.54. The van der Waals surface area contributed by atoms with E-state index in [1.54, 1.807) is 6.26 Å². The third kappa shape index (κ3) is 2.18. The summed E-state index contributed by atoms with van der Waals surface area (Å²) in [7, 11) is 0. The van der Waals surface area contributed by atoms with Crippen LogP contribution in [0.4, 0.5) is 0 Å². The van der Waals surface area contributed by atoms with Gasteiger partial charge in [0.1, 0.15) is 5.76 Å². The van der Waals surface area contributed by atoms with Gasteiger partial charge >= 0.3 is 0 Å². The zero-order valence-corrected chi connectivity index (χ0v) is 12.2. The number of fused-ring (bicyclic) bond motifs is 3. The average molecular weight is 280 g/mol. The maximum absolute atomic E-state index is 5.51. The number of benzene rings is 1. The fraction of sp³-hybridized carbons (Fsp3) is 0.333. The Bertz CT molecular complexity index is 742. The van der Waals surface area contributed by atoms with E-state index in [0.29, 0.717) is 6.04 Å². The molecule has 0 spiro atoms. The van der Waals surface area contributed by atoms with Crippen LogP contribution >= 0.6 is 0 Å². The molecule has 0 fully saturated rings. The number of aryl methyl sites for hydroxylation is 1. The van der Waals surface area contributed by atoms with Crippen LogP contribution in [0, 0.1) is 0 Å². The monoisotopic (exact) mass is 280 g/mol. The van der Waals surface area contributed by atoms with Crippen LogP contribution < -0.4 is 5.32 Å². The second-order valence-corrected chi connectivity index (χ2v) is 5.91. The van der Waals surface area contributed by atoms with Gasteiger partial charge < -0.3 is 9.40 Å². The SMILES string of the molecule is C[C@@H](NC1CCCc2c1[nH]c1ccccc21)c1ccco1. The number of aromatic amines is 1. The molecule has 0 saturated carbocycles. The van der Waals surface area contributed by atoms with Gasteiger partial charge in [0, 0.05) is 22.6 Å². The Morgan fingerprint density at radius 1 is 1.24 bits per heavy atom. The van der Waals surface area contributed by atoms with Crippen LogP contribution in [0.15, 0.2) is 47.1 Å². The highest BCUT2D eigenvalue weighted by atomic mass is 16.3. The molecule has 0 radical (unpaired) electrons. The topological polar surface area (TPSA) is 41.0 Å². The minimum absolute atomic E-state index is 0.224. The Balaban J connectivity index is 1.67. The third-order valence-corrected chi connectivity index (χ3v) is 4.54. The van der Waals surface area contributed by atoms with Crippen molar-refractivity contribution in [2.75, 3.05) is 0 Å². The molecule has 1 aliphatic carbocycles. The first-order valence-electron chi connectivity index (χ1n) is 7.72. The maximum Gasteiger partial charge on any atom is 0.120 e. The zero-order chi connectivity index (χ0) is 14.2. The molecule has 21 heavy (non-hydrogen) atoms. The van der Waals surface area contributed by atoms with E-state index in [9.17, 15) is 0 Å². The standard InChI is InChI=1S/C18H20N2O/c1-12(17-10-5-11-21-17)19-16-9-4-7-14-13-6-2-3-8-15(13)20-18(14)16/h2-3,5-6,8,10-12,16,19-20H,4,7,9H2,1H3/t12-,16?/m1/s1. The van der Waals surface area contributed by atoms with Crippen LogP contribution in [0.2, 0.25) is 0 Å². The van der Waals surface area contributed by atoms with Gasteiger partial charge in [-0.3, -0.25) is 5.32 Å². The molecule has 2 atom stereocenters. The van der Waals surface area contributed by atoms with Crippen LogP contribution in [0.1, 0.15) is 48.9 Å². The van der Waals surface area contributed by atoms with Crippen molar-refractivity contribution in [2.45, 2.75) is 38.3 Å². The Hall–Kier alpha value is -2.00. The molecule has 1 aliphatic rings. The van der Waals surface area contributed by atoms with Crippen LogP contribution in [0.25, 0.3) is 10.9 Å². The molecule has 2 heterocycles. The van der Waals surface area contributed by atoms with Gasteiger partial charge in [0.25, 0.3) is 0 Å². The number of rotatable bonds is 3. The molecular formula is C18H20N2O. The number of para-hydroxylation sites is 1. The smallest absolute Gasteiger partial charge is 0.120 e. The molecule has 0 bridgehead atoms. The number of aromatic nitrogens is 1. The van der Waals surface area contributed by atoms with E-state index in [1.165, 1.54) is 41.4 Å².